The van der Waals surface area contributed by atoms with Gasteiger partial charge in [0, 0.05) is 25.2 Å². The van der Waals surface area contributed by atoms with E-state index in [1.54, 1.807) is 24.0 Å². The van der Waals surface area contributed by atoms with Crippen LogP contribution in [-0.2, 0) is 22.4 Å². The smallest absolute Gasteiger partial charge is 0.227 e. The minimum atomic E-state index is -0.270. The third kappa shape index (κ3) is 4.09. The van der Waals surface area contributed by atoms with Crippen LogP contribution in [0.3, 0.4) is 0 Å². The first kappa shape index (κ1) is 18.1. The number of rotatable bonds is 6. The predicted octanol–water partition coefficient (Wildman–Crippen LogP) is 1.79. The molecule has 0 atom stereocenters. The minimum absolute atomic E-state index is 0.0187. The lowest BCUT2D eigenvalue weighted by Gasteiger charge is -2.38. The zero-order chi connectivity index (χ0) is 18.7. The summed E-state index contributed by atoms with van der Waals surface area (Å²) in [4.78, 5) is 26.1. The van der Waals surface area contributed by atoms with Gasteiger partial charge >= 0.3 is 0 Å². The number of halogens is 1. The molecular weight excluding hydrogens is 337 g/mol. The Kier molecular flexibility index (Phi) is 5.35. The van der Waals surface area contributed by atoms with Gasteiger partial charge in [-0.05, 0) is 38.0 Å². The minimum Gasteiger partial charge on any atom is -0.361 e. The topological polar surface area (TPSA) is 75.4 Å². The average molecular weight is 359 g/mol. The Morgan fingerprint density at radius 1 is 1.27 bits per heavy atom. The molecule has 2 amide bonds. The molecule has 26 heavy (non-hydrogen) atoms. The third-order valence-electron chi connectivity index (χ3n) is 4.74. The number of carbonyl (C=O) groups excluding carboxylic acids is 2. The van der Waals surface area contributed by atoms with Gasteiger partial charge in [-0.15, -0.1) is 0 Å². The highest BCUT2D eigenvalue weighted by Gasteiger charge is 2.35. The van der Waals surface area contributed by atoms with Crippen LogP contribution in [0.1, 0.15) is 22.6 Å². The molecule has 1 aliphatic rings. The third-order valence-corrected chi connectivity index (χ3v) is 4.74. The number of likely N-dealkylation sites (tertiary alicyclic amines) is 1. The summed E-state index contributed by atoms with van der Waals surface area (Å²) in [6.45, 7) is 4.96. The van der Waals surface area contributed by atoms with Crippen molar-refractivity contribution in [2.24, 2.45) is 5.92 Å². The molecule has 0 unspecified atom stereocenters. The number of hydrogen-bond donors (Lipinski definition) is 1. The Morgan fingerprint density at radius 3 is 2.58 bits per heavy atom. The number of aryl methyl sites for hydroxylation is 2. The van der Waals surface area contributed by atoms with Gasteiger partial charge in [0.15, 0.2) is 0 Å². The number of aromatic nitrogens is 1. The van der Waals surface area contributed by atoms with Gasteiger partial charge in [-0.3, -0.25) is 9.59 Å². The lowest BCUT2D eigenvalue weighted by molar-refractivity contribution is -0.142. The van der Waals surface area contributed by atoms with E-state index in [0.29, 0.717) is 31.8 Å². The second kappa shape index (κ2) is 7.68. The molecule has 1 fully saturated rings. The highest BCUT2D eigenvalue weighted by Crippen LogP contribution is 2.20. The van der Waals surface area contributed by atoms with Gasteiger partial charge in [-0.2, -0.15) is 0 Å². The van der Waals surface area contributed by atoms with E-state index in [2.05, 4.69) is 10.5 Å². The van der Waals surface area contributed by atoms with E-state index < -0.39 is 0 Å². The van der Waals surface area contributed by atoms with Crippen molar-refractivity contribution in [2.45, 2.75) is 26.7 Å². The highest BCUT2D eigenvalue weighted by atomic mass is 19.1. The molecule has 7 heteroatoms. The molecule has 138 valence electrons. The lowest BCUT2D eigenvalue weighted by atomic mass is 9.97. The number of carbonyl (C=O) groups is 2. The summed E-state index contributed by atoms with van der Waals surface area (Å²) in [5.41, 5.74) is 2.52. The second-order valence-electron chi connectivity index (χ2n) is 6.64. The standard InChI is InChI=1S/C19H22FN3O3/c1-12-17(13(2)26-22-12)9-18(24)23-10-15(11-23)19(25)21-8-7-14-3-5-16(20)6-4-14/h3-6,15H,7-11H2,1-2H3,(H,21,25). The zero-order valence-corrected chi connectivity index (χ0v) is 14.9. The van der Waals surface area contributed by atoms with Gasteiger partial charge in [-0.1, -0.05) is 17.3 Å². The number of hydrogen-bond acceptors (Lipinski definition) is 4. The van der Waals surface area contributed by atoms with Gasteiger partial charge in [0.1, 0.15) is 11.6 Å². The Hall–Kier alpha value is -2.70. The fourth-order valence-corrected chi connectivity index (χ4v) is 2.99. The molecule has 3 rings (SSSR count). The first-order valence-corrected chi connectivity index (χ1v) is 8.65. The Morgan fingerprint density at radius 2 is 1.96 bits per heavy atom. The summed E-state index contributed by atoms with van der Waals surface area (Å²) in [7, 11) is 0. The molecule has 1 aliphatic heterocycles. The molecule has 0 spiro atoms. The molecule has 1 saturated heterocycles. The molecule has 1 N–H and O–H groups in total. The molecule has 1 aromatic carbocycles. The van der Waals surface area contributed by atoms with Crippen molar-refractivity contribution in [1.29, 1.82) is 0 Å². The van der Waals surface area contributed by atoms with Crippen LogP contribution in [0.2, 0.25) is 0 Å². The van der Waals surface area contributed by atoms with E-state index in [1.807, 2.05) is 6.92 Å². The molecule has 6 nitrogen and oxygen atoms in total. The van der Waals surface area contributed by atoms with Gasteiger partial charge in [-0.25, -0.2) is 4.39 Å². The van der Waals surface area contributed by atoms with E-state index in [9.17, 15) is 14.0 Å². The van der Waals surface area contributed by atoms with Gasteiger partial charge in [0.05, 0.1) is 18.0 Å². The maximum atomic E-state index is 12.9. The van der Waals surface area contributed by atoms with Crippen LogP contribution in [0.5, 0.6) is 0 Å². The van der Waals surface area contributed by atoms with Crippen molar-refractivity contribution in [2.75, 3.05) is 19.6 Å². The maximum Gasteiger partial charge on any atom is 0.227 e. The number of benzene rings is 1. The average Bonchev–Trinajstić information content (AvgIpc) is 2.87. The van der Waals surface area contributed by atoms with Crippen molar-refractivity contribution in [1.82, 2.24) is 15.4 Å². The number of nitrogens with one attached hydrogen (secondary N) is 1. The Bertz CT molecular complexity index is 775. The van der Waals surface area contributed by atoms with Crippen molar-refractivity contribution in [3.8, 4) is 0 Å². The molecule has 2 heterocycles. The summed E-state index contributed by atoms with van der Waals surface area (Å²) >= 11 is 0. The van der Waals surface area contributed by atoms with Crippen molar-refractivity contribution in [3.05, 3.63) is 52.7 Å². The van der Waals surface area contributed by atoms with Crippen LogP contribution in [-0.4, -0.2) is 41.5 Å². The largest absolute Gasteiger partial charge is 0.361 e. The molecule has 0 saturated carbocycles. The van der Waals surface area contributed by atoms with E-state index in [1.165, 1.54) is 12.1 Å². The fraction of sp³-hybridized carbons (Fsp3) is 0.421. The van der Waals surface area contributed by atoms with Crippen molar-refractivity contribution < 1.29 is 18.5 Å². The predicted molar refractivity (Wildman–Crippen MR) is 92.9 cm³/mol. The normalized spacial score (nSPS) is 14.2. The molecule has 0 bridgehead atoms. The van der Waals surface area contributed by atoms with E-state index in [-0.39, 0.29) is 30.0 Å². The highest BCUT2D eigenvalue weighted by molar-refractivity contribution is 5.85. The Balaban J connectivity index is 1.39. The molecule has 0 radical (unpaired) electrons. The molecule has 1 aromatic heterocycles. The quantitative estimate of drug-likeness (QED) is 0.853. The lowest BCUT2D eigenvalue weighted by Crippen LogP contribution is -2.56. The van der Waals surface area contributed by atoms with Crippen LogP contribution in [0, 0.1) is 25.6 Å². The van der Waals surface area contributed by atoms with Crippen LogP contribution >= 0.6 is 0 Å². The van der Waals surface area contributed by atoms with Crippen molar-refractivity contribution in [3.63, 3.8) is 0 Å². The number of nitrogens with zero attached hydrogens (tertiary/aromatic N) is 2. The van der Waals surface area contributed by atoms with Gasteiger partial charge in [0.25, 0.3) is 0 Å². The van der Waals surface area contributed by atoms with Crippen LogP contribution in [0.4, 0.5) is 4.39 Å². The SMILES string of the molecule is Cc1noc(C)c1CC(=O)N1CC(C(=O)NCCc2ccc(F)cc2)C1. The first-order valence-electron chi connectivity index (χ1n) is 8.65. The molecule has 2 aromatic rings. The summed E-state index contributed by atoms with van der Waals surface area (Å²) in [5.74, 6) is 0.153. The first-order chi connectivity index (χ1) is 12.4. The van der Waals surface area contributed by atoms with Crippen LogP contribution in [0.25, 0.3) is 0 Å². The van der Waals surface area contributed by atoms with Gasteiger partial charge < -0.3 is 14.7 Å². The van der Waals surface area contributed by atoms with E-state index in [0.717, 1.165) is 16.8 Å². The van der Waals surface area contributed by atoms with Crippen LogP contribution in [0.15, 0.2) is 28.8 Å². The molecule has 0 aliphatic carbocycles. The van der Waals surface area contributed by atoms with Gasteiger partial charge in [0.2, 0.25) is 11.8 Å². The summed E-state index contributed by atoms with van der Waals surface area (Å²) in [5, 5.41) is 6.72. The summed E-state index contributed by atoms with van der Waals surface area (Å²) in [6.07, 6.45) is 0.896. The Labute approximate surface area is 151 Å². The van der Waals surface area contributed by atoms with E-state index in [4.69, 9.17) is 4.52 Å². The second-order valence-corrected chi connectivity index (χ2v) is 6.64. The molecular formula is C19H22FN3O3. The van der Waals surface area contributed by atoms with Crippen LogP contribution < -0.4 is 5.32 Å². The summed E-state index contributed by atoms with van der Waals surface area (Å²) in [6, 6.07) is 6.23. The maximum absolute atomic E-state index is 12.9. The number of amides is 2. The van der Waals surface area contributed by atoms with Crippen molar-refractivity contribution >= 4 is 11.8 Å². The fourth-order valence-electron chi connectivity index (χ4n) is 2.99. The van der Waals surface area contributed by atoms with E-state index >= 15 is 0 Å². The zero-order valence-electron chi connectivity index (χ0n) is 14.9. The monoisotopic (exact) mass is 359 g/mol. The summed E-state index contributed by atoms with van der Waals surface area (Å²) < 4.78 is 17.9.